The molecule has 1 unspecified atom stereocenters. The van der Waals surface area contributed by atoms with Crippen LogP contribution in [-0.2, 0) is 6.54 Å². The Kier molecular flexibility index (Phi) is 4.06. The zero-order valence-electron chi connectivity index (χ0n) is 16.6. The third kappa shape index (κ3) is 3.13. The van der Waals surface area contributed by atoms with Crippen LogP contribution in [0, 0.1) is 5.92 Å². The Balaban J connectivity index is 1.52. The van der Waals surface area contributed by atoms with E-state index in [2.05, 4.69) is 10.1 Å². The van der Waals surface area contributed by atoms with E-state index in [0.717, 1.165) is 40.8 Å². The quantitative estimate of drug-likeness (QED) is 0.727. The molecule has 1 saturated carbocycles. The van der Waals surface area contributed by atoms with Crippen molar-refractivity contribution in [1.82, 2.24) is 19.7 Å². The summed E-state index contributed by atoms with van der Waals surface area (Å²) in [4.78, 5) is 19.4. The summed E-state index contributed by atoms with van der Waals surface area (Å²) in [5.41, 5.74) is 3.53. The van der Waals surface area contributed by atoms with Crippen molar-refractivity contribution >= 4 is 5.91 Å². The number of benzene rings is 1. The third-order valence-corrected chi connectivity index (χ3v) is 5.92. The first-order valence-electron chi connectivity index (χ1n) is 10.0. The molecule has 1 fully saturated rings. The summed E-state index contributed by atoms with van der Waals surface area (Å²) in [7, 11) is 0. The van der Waals surface area contributed by atoms with Crippen LogP contribution in [0.1, 0.15) is 42.6 Å². The van der Waals surface area contributed by atoms with Gasteiger partial charge in [-0.15, -0.1) is 0 Å². The molecule has 3 aromatic rings. The molecule has 148 valence electrons. The number of amides is 1. The van der Waals surface area contributed by atoms with Gasteiger partial charge in [-0.1, -0.05) is 18.2 Å². The number of rotatable bonds is 5. The van der Waals surface area contributed by atoms with Crippen LogP contribution in [0.3, 0.4) is 0 Å². The maximum Gasteiger partial charge on any atom is 0.255 e. The Morgan fingerprint density at radius 1 is 1.17 bits per heavy atom. The minimum absolute atomic E-state index is 0.00582. The van der Waals surface area contributed by atoms with Gasteiger partial charge in [-0.25, -0.2) is 4.68 Å². The van der Waals surface area contributed by atoms with Crippen molar-refractivity contribution in [2.45, 2.75) is 44.9 Å². The molecule has 1 amide bonds. The lowest BCUT2D eigenvalue weighted by molar-refractivity contribution is -0.0224. The van der Waals surface area contributed by atoms with Crippen molar-refractivity contribution in [3.63, 3.8) is 0 Å². The predicted molar refractivity (Wildman–Crippen MR) is 109 cm³/mol. The van der Waals surface area contributed by atoms with Crippen LogP contribution >= 0.6 is 0 Å². The Labute approximate surface area is 169 Å². The summed E-state index contributed by atoms with van der Waals surface area (Å²) in [5, 5.41) is 15.2. The molecule has 3 heterocycles. The topological polar surface area (TPSA) is 71.2 Å². The molecule has 6 heteroatoms. The summed E-state index contributed by atoms with van der Waals surface area (Å²) in [6.07, 6.45) is 9.33. The second kappa shape index (κ2) is 6.52. The number of hydrogen-bond acceptors (Lipinski definition) is 4. The van der Waals surface area contributed by atoms with Gasteiger partial charge in [-0.3, -0.25) is 9.78 Å². The van der Waals surface area contributed by atoms with E-state index in [-0.39, 0.29) is 11.9 Å². The van der Waals surface area contributed by atoms with E-state index < -0.39 is 5.60 Å². The molecular formula is C23H24N4O2. The fraction of sp³-hybridized carbons (Fsp3) is 0.348. The van der Waals surface area contributed by atoms with Gasteiger partial charge in [0.05, 0.1) is 29.1 Å². The maximum atomic E-state index is 13.5. The van der Waals surface area contributed by atoms with Gasteiger partial charge in [0.15, 0.2) is 0 Å². The standard InChI is InChI=1S/C23H24N4O2/c1-23(2,29)21(15-6-7-15)26-13-16-4-3-5-19(20(16)22(26)28)17-12-25-27(14-17)18-8-10-24-11-9-18/h3-5,8-12,14-15,21,29H,6-7,13H2,1-2H3. The lowest BCUT2D eigenvalue weighted by atomic mass is 9.93. The van der Waals surface area contributed by atoms with Crippen LogP contribution in [0.4, 0.5) is 0 Å². The minimum atomic E-state index is -0.925. The first kappa shape index (κ1) is 18.1. The van der Waals surface area contributed by atoms with Gasteiger partial charge in [0.2, 0.25) is 0 Å². The van der Waals surface area contributed by atoms with E-state index >= 15 is 0 Å². The van der Waals surface area contributed by atoms with Gasteiger partial charge in [0.1, 0.15) is 0 Å². The maximum absolute atomic E-state index is 13.5. The number of pyridine rings is 1. The van der Waals surface area contributed by atoms with E-state index in [4.69, 9.17) is 0 Å². The van der Waals surface area contributed by atoms with E-state index in [1.54, 1.807) is 23.3 Å². The molecule has 6 nitrogen and oxygen atoms in total. The van der Waals surface area contributed by atoms with Crippen LogP contribution in [0.5, 0.6) is 0 Å². The van der Waals surface area contributed by atoms with Crippen LogP contribution in [0.2, 0.25) is 0 Å². The average Bonchev–Trinajstić information content (AvgIpc) is 3.29. The lowest BCUT2D eigenvalue weighted by Gasteiger charge is -2.37. The number of carbonyl (C=O) groups is 1. The van der Waals surface area contributed by atoms with Gasteiger partial charge in [-0.05, 0) is 55.9 Å². The fourth-order valence-corrected chi connectivity index (χ4v) is 4.57. The second-order valence-electron chi connectivity index (χ2n) is 8.59. The van der Waals surface area contributed by atoms with E-state index in [1.165, 1.54) is 0 Å². The van der Waals surface area contributed by atoms with Crippen molar-refractivity contribution in [1.29, 1.82) is 0 Å². The molecule has 0 radical (unpaired) electrons. The van der Waals surface area contributed by atoms with Gasteiger partial charge in [-0.2, -0.15) is 5.10 Å². The molecule has 0 spiro atoms. The Bertz CT molecular complexity index is 1060. The molecular weight excluding hydrogens is 364 g/mol. The van der Waals surface area contributed by atoms with E-state index in [1.807, 2.05) is 55.3 Å². The zero-order valence-corrected chi connectivity index (χ0v) is 16.6. The molecule has 1 atom stereocenters. The van der Waals surface area contributed by atoms with Crippen molar-refractivity contribution in [2.75, 3.05) is 0 Å². The molecule has 5 rings (SSSR count). The van der Waals surface area contributed by atoms with Crippen molar-refractivity contribution in [2.24, 2.45) is 5.92 Å². The number of aliphatic hydroxyl groups is 1. The van der Waals surface area contributed by atoms with Crippen molar-refractivity contribution < 1.29 is 9.90 Å². The molecule has 1 aliphatic heterocycles. The highest BCUT2D eigenvalue weighted by Crippen LogP contribution is 2.44. The van der Waals surface area contributed by atoms with E-state index in [9.17, 15) is 9.90 Å². The second-order valence-corrected chi connectivity index (χ2v) is 8.59. The smallest absolute Gasteiger partial charge is 0.255 e. The Morgan fingerprint density at radius 3 is 2.62 bits per heavy atom. The summed E-state index contributed by atoms with van der Waals surface area (Å²) >= 11 is 0. The highest BCUT2D eigenvalue weighted by atomic mass is 16.3. The molecule has 0 saturated heterocycles. The Morgan fingerprint density at radius 2 is 1.93 bits per heavy atom. The van der Waals surface area contributed by atoms with Gasteiger partial charge in [0, 0.05) is 30.7 Å². The lowest BCUT2D eigenvalue weighted by Crippen LogP contribution is -2.51. The molecule has 1 N–H and O–H groups in total. The molecule has 2 aliphatic rings. The number of aromatic nitrogens is 3. The SMILES string of the molecule is CC(C)(O)C(C1CC1)N1Cc2cccc(-c3cnn(-c4ccncc4)c3)c2C1=O. The first-order valence-corrected chi connectivity index (χ1v) is 10.0. The number of fused-ring (bicyclic) bond motifs is 1. The van der Waals surface area contributed by atoms with Crippen LogP contribution < -0.4 is 0 Å². The summed E-state index contributed by atoms with van der Waals surface area (Å²) in [5.74, 6) is 0.387. The monoisotopic (exact) mass is 388 g/mol. The first-order chi connectivity index (χ1) is 13.9. The van der Waals surface area contributed by atoms with Crippen molar-refractivity contribution in [3.05, 3.63) is 66.2 Å². The van der Waals surface area contributed by atoms with E-state index in [0.29, 0.717) is 12.5 Å². The van der Waals surface area contributed by atoms with Gasteiger partial charge in [0.25, 0.3) is 5.91 Å². The minimum Gasteiger partial charge on any atom is -0.388 e. The highest BCUT2D eigenvalue weighted by Gasteiger charge is 2.48. The highest BCUT2D eigenvalue weighted by molar-refractivity contribution is 6.04. The molecule has 1 aliphatic carbocycles. The average molecular weight is 388 g/mol. The van der Waals surface area contributed by atoms with Crippen LogP contribution in [-0.4, -0.2) is 42.3 Å². The fourth-order valence-electron chi connectivity index (χ4n) is 4.57. The van der Waals surface area contributed by atoms with Gasteiger partial charge < -0.3 is 10.0 Å². The summed E-state index contributed by atoms with van der Waals surface area (Å²) in [6.45, 7) is 4.17. The number of carbonyl (C=O) groups excluding carboxylic acids is 1. The normalized spacial score (nSPS) is 17.5. The zero-order chi connectivity index (χ0) is 20.2. The number of hydrogen-bond donors (Lipinski definition) is 1. The largest absolute Gasteiger partial charge is 0.388 e. The van der Waals surface area contributed by atoms with Crippen molar-refractivity contribution in [3.8, 4) is 16.8 Å². The third-order valence-electron chi connectivity index (χ3n) is 5.92. The molecule has 1 aromatic carbocycles. The Hall–Kier alpha value is -2.99. The van der Waals surface area contributed by atoms with Crippen LogP contribution in [0.25, 0.3) is 16.8 Å². The predicted octanol–water partition coefficient (Wildman–Crippen LogP) is 3.44. The molecule has 2 aromatic heterocycles. The summed E-state index contributed by atoms with van der Waals surface area (Å²) < 4.78 is 1.79. The summed E-state index contributed by atoms with van der Waals surface area (Å²) in [6, 6.07) is 9.61. The number of nitrogens with zero attached hydrogens (tertiary/aromatic N) is 4. The van der Waals surface area contributed by atoms with Crippen LogP contribution in [0.15, 0.2) is 55.1 Å². The molecule has 29 heavy (non-hydrogen) atoms. The molecule has 0 bridgehead atoms. The van der Waals surface area contributed by atoms with Gasteiger partial charge >= 0.3 is 0 Å².